The Balaban J connectivity index is 1.73. The molecule has 0 spiro atoms. The van der Waals surface area contributed by atoms with E-state index >= 15 is 0 Å². The van der Waals surface area contributed by atoms with E-state index in [2.05, 4.69) is 20.3 Å². The average Bonchev–Trinajstić information content (AvgIpc) is 2.57. The Morgan fingerprint density at radius 1 is 1.19 bits per heavy atom. The van der Waals surface area contributed by atoms with Crippen molar-refractivity contribution in [3.63, 3.8) is 0 Å². The zero-order valence-electron chi connectivity index (χ0n) is 15.4. The number of aryl methyl sites for hydroxylation is 2. The van der Waals surface area contributed by atoms with Crippen LogP contribution in [0.2, 0.25) is 0 Å². The fraction of sp³-hybridized carbons (Fsp3) is 0.412. The third-order valence-electron chi connectivity index (χ3n) is 3.36. The number of aromatic nitrogens is 3. The molecular weight excluding hydrogens is 336 g/mol. The lowest BCUT2D eigenvalue weighted by atomic mass is 10.1. The van der Waals surface area contributed by atoms with E-state index in [9.17, 15) is 4.79 Å². The van der Waals surface area contributed by atoms with Crippen LogP contribution in [0.15, 0.2) is 18.2 Å². The number of anilines is 2. The predicted molar refractivity (Wildman–Crippen MR) is 98.5 cm³/mol. The second-order valence-corrected chi connectivity index (χ2v) is 5.93. The van der Waals surface area contributed by atoms with Crippen molar-refractivity contribution in [2.75, 3.05) is 44.5 Å². The van der Waals surface area contributed by atoms with E-state index < -0.39 is 0 Å². The maximum absolute atomic E-state index is 11.8. The van der Waals surface area contributed by atoms with Crippen LogP contribution in [-0.2, 0) is 4.79 Å². The lowest BCUT2D eigenvalue weighted by Gasteiger charge is -2.12. The number of nitrogens with one attached hydrogen (secondary N) is 1. The van der Waals surface area contributed by atoms with Crippen LogP contribution in [0.3, 0.4) is 0 Å². The van der Waals surface area contributed by atoms with Gasteiger partial charge in [-0.05, 0) is 25.5 Å². The minimum absolute atomic E-state index is 0.0621. The van der Waals surface area contributed by atoms with Gasteiger partial charge in [0.1, 0.15) is 12.4 Å². The zero-order chi connectivity index (χ0) is 19.1. The first-order valence-electron chi connectivity index (χ1n) is 8.13. The van der Waals surface area contributed by atoms with E-state index in [0.29, 0.717) is 11.7 Å². The summed E-state index contributed by atoms with van der Waals surface area (Å²) in [5.74, 6) is 0.930. The van der Waals surface area contributed by atoms with E-state index in [1.54, 1.807) is 19.0 Å². The van der Waals surface area contributed by atoms with Gasteiger partial charge in [-0.15, -0.1) is 0 Å². The quantitative estimate of drug-likeness (QED) is 0.661. The number of nitrogen functional groups attached to an aromatic ring is 1. The van der Waals surface area contributed by atoms with Gasteiger partial charge in [-0.25, -0.2) is 0 Å². The highest BCUT2D eigenvalue weighted by Gasteiger charge is 2.08. The molecule has 140 valence electrons. The Morgan fingerprint density at radius 3 is 2.65 bits per heavy atom. The van der Waals surface area contributed by atoms with Crippen molar-refractivity contribution in [2.45, 2.75) is 13.8 Å². The van der Waals surface area contributed by atoms with Crippen molar-refractivity contribution in [2.24, 2.45) is 0 Å². The molecule has 0 fully saturated rings. The molecule has 0 unspecified atom stereocenters. The van der Waals surface area contributed by atoms with Gasteiger partial charge in [0.15, 0.2) is 6.61 Å². The van der Waals surface area contributed by atoms with Gasteiger partial charge in [0.05, 0.1) is 6.54 Å². The smallest absolute Gasteiger partial charge is 0.323 e. The maximum atomic E-state index is 11.8. The van der Waals surface area contributed by atoms with Crippen molar-refractivity contribution in [1.29, 1.82) is 0 Å². The van der Waals surface area contributed by atoms with Crippen molar-refractivity contribution >= 4 is 17.8 Å². The number of nitrogens with two attached hydrogens (primary N) is 1. The van der Waals surface area contributed by atoms with E-state index in [4.69, 9.17) is 15.2 Å². The van der Waals surface area contributed by atoms with Gasteiger partial charge in [-0.3, -0.25) is 4.79 Å². The third-order valence-corrected chi connectivity index (χ3v) is 3.36. The fourth-order valence-corrected chi connectivity index (χ4v) is 2.11. The van der Waals surface area contributed by atoms with Crippen LogP contribution in [0.5, 0.6) is 11.8 Å². The van der Waals surface area contributed by atoms with Gasteiger partial charge >= 0.3 is 6.01 Å². The van der Waals surface area contributed by atoms with Gasteiger partial charge in [0.2, 0.25) is 11.9 Å². The maximum Gasteiger partial charge on any atom is 0.323 e. The molecule has 9 heteroatoms. The summed E-state index contributed by atoms with van der Waals surface area (Å²) >= 11 is 0. The number of amides is 1. The standard InChI is InChI=1S/C17H24N6O3/c1-11-5-6-13(12(2)9-11)26-10-14(24)19-7-8-25-17-21-15(18)20-16(22-17)23(3)4/h5-6,9H,7-8,10H2,1-4H3,(H,19,24)(H2,18,20,21,22). The SMILES string of the molecule is Cc1ccc(OCC(=O)NCCOc2nc(N)nc(N(C)C)n2)c(C)c1. The lowest BCUT2D eigenvalue weighted by Crippen LogP contribution is -2.32. The molecule has 9 nitrogen and oxygen atoms in total. The number of benzene rings is 1. The monoisotopic (exact) mass is 360 g/mol. The summed E-state index contributed by atoms with van der Waals surface area (Å²) in [6.45, 7) is 4.37. The normalized spacial score (nSPS) is 10.3. The largest absolute Gasteiger partial charge is 0.484 e. The van der Waals surface area contributed by atoms with Crippen molar-refractivity contribution in [3.05, 3.63) is 29.3 Å². The van der Waals surface area contributed by atoms with Crippen molar-refractivity contribution < 1.29 is 14.3 Å². The molecule has 1 amide bonds. The molecule has 0 bridgehead atoms. The van der Waals surface area contributed by atoms with E-state index in [0.717, 1.165) is 11.1 Å². The summed E-state index contributed by atoms with van der Waals surface area (Å²) in [6.07, 6.45) is 0. The molecule has 0 saturated heterocycles. The number of nitrogens with zero attached hydrogens (tertiary/aromatic N) is 4. The van der Waals surface area contributed by atoms with Crippen LogP contribution in [-0.4, -0.2) is 54.7 Å². The molecule has 3 N–H and O–H groups in total. The topological polar surface area (TPSA) is 115 Å². The van der Waals surface area contributed by atoms with Crippen molar-refractivity contribution in [1.82, 2.24) is 20.3 Å². The number of rotatable bonds is 8. The molecule has 0 saturated carbocycles. The summed E-state index contributed by atoms with van der Waals surface area (Å²) in [5, 5.41) is 2.70. The van der Waals surface area contributed by atoms with Crippen LogP contribution >= 0.6 is 0 Å². The number of ether oxygens (including phenoxy) is 2. The Labute approximate surface area is 152 Å². The average molecular weight is 360 g/mol. The van der Waals surface area contributed by atoms with Crippen LogP contribution in [0, 0.1) is 13.8 Å². The molecule has 2 rings (SSSR count). The molecule has 0 radical (unpaired) electrons. The molecule has 0 aliphatic carbocycles. The minimum Gasteiger partial charge on any atom is -0.484 e. The number of carbonyl (C=O) groups is 1. The molecule has 26 heavy (non-hydrogen) atoms. The van der Waals surface area contributed by atoms with Crippen LogP contribution in [0.1, 0.15) is 11.1 Å². The van der Waals surface area contributed by atoms with Gasteiger partial charge in [-0.1, -0.05) is 17.7 Å². The third kappa shape index (κ3) is 5.76. The highest BCUT2D eigenvalue weighted by atomic mass is 16.5. The Morgan fingerprint density at radius 2 is 1.96 bits per heavy atom. The van der Waals surface area contributed by atoms with Gasteiger partial charge in [0.25, 0.3) is 5.91 Å². The van der Waals surface area contributed by atoms with Gasteiger partial charge in [0, 0.05) is 14.1 Å². The first-order chi connectivity index (χ1) is 12.3. The van der Waals surface area contributed by atoms with Gasteiger partial charge < -0.3 is 25.4 Å². The van der Waals surface area contributed by atoms with Crippen LogP contribution in [0.4, 0.5) is 11.9 Å². The summed E-state index contributed by atoms with van der Waals surface area (Å²) in [6, 6.07) is 5.91. The summed E-state index contributed by atoms with van der Waals surface area (Å²) < 4.78 is 10.9. The predicted octanol–water partition coefficient (Wildman–Crippen LogP) is 0.711. The first-order valence-corrected chi connectivity index (χ1v) is 8.13. The summed E-state index contributed by atoms with van der Waals surface area (Å²) in [7, 11) is 3.57. The summed E-state index contributed by atoms with van der Waals surface area (Å²) in [5.41, 5.74) is 7.75. The number of hydrogen-bond acceptors (Lipinski definition) is 8. The summed E-state index contributed by atoms with van der Waals surface area (Å²) in [4.78, 5) is 25.5. The second-order valence-electron chi connectivity index (χ2n) is 5.93. The Bertz CT molecular complexity index is 766. The minimum atomic E-state index is -0.238. The van der Waals surface area contributed by atoms with Crippen LogP contribution < -0.4 is 25.4 Å². The number of hydrogen-bond donors (Lipinski definition) is 2. The molecule has 0 aliphatic rings. The molecule has 1 aromatic carbocycles. The molecule has 1 aromatic heterocycles. The number of carbonyl (C=O) groups excluding carboxylic acids is 1. The van der Waals surface area contributed by atoms with Crippen molar-refractivity contribution in [3.8, 4) is 11.8 Å². The highest BCUT2D eigenvalue weighted by molar-refractivity contribution is 5.77. The van der Waals surface area contributed by atoms with E-state index in [-0.39, 0.29) is 37.6 Å². The van der Waals surface area contributed by atoms with E-state index in [1.165, 1.54) is 0 Å². The Kier molecular flexibility index (Phi) is 6.54. The highest BCUT2D eigenvalue weighted by Crippen LogP contribution is 2.18. The molecule has 0 atom stereocenters. The van der Waals surface area contributed by atoms with Crippen LogP contribution in [0.25, 0.3) is 0 Å². The molecule has 0 aliphatic heterocycles. The van der Waals surface area contributed by atoms with E-state index in [1.807, 2.05) is 32.0 Å². The zero-order valence-corrected chi connectivity index (χ0v) is 15.4. The van der Waals surface area contributed by atoms with Gasteiger partial charge in [-0.2, -0.15) is 15.0 Å². The lowest BCUT2D eigenvalue weighted by molar-refractivity contribution is -0.123. The molecule has 2 aromatic rings. The Hall–Kier alpha value is -3.10. The molecular formula is C17H24N6O3. The molecule has 1 heterocycles. The fourth-order valence-electron chi connectivity index (χ4n) is 2.11. The first kappa shape index (κ1) is 19.2. The second kappa shape index (κ2) is 8.84.